The van der Waals surface area contributed by atoms with Crippen molar-refractivity contribution < 1.29 is 38.4 Å². The molecule has 25 heavy (non-hydrogen) atoms. The fourth-order valence-electron chi connectivity index (χ4n) is 2.00. The molecule has 0 aliphatic carbocycles. The van der Waals surface area contributed by atoms with Crippen molar-refractivity contribution in [1.29, 1.82) is 0 Å². The van der Waals surface area contributed by atoms with Gasteiger partial charge in [0.15, 0.2) is 18.9 Å². The summed E-state index contributed by atoms with van der Waals surface area (Å²) < 4.78 is 1.92. The van der Waals surface area contributed by atoms with Crippen molar-refractivity contribution >= 4 is 22.8 Å². The lowest BCUT2D eigenvalue weighted by Gasteiger charge is -2.04. The molecule has 0 fully saturated rings. The number of nitro groups is 2. The van der Waals surface area contributed by atoms with Gasteiger partial charge in [0.1, 0.15) is 11.4 Å². The van der Waals surface area contributed by atoms with E-state index in [1.807, 2.05) is 42.1 Å². The number of aromatic nitrogens is 1. The Morgan fingerprint density at radius 3 is 2.40 bits per heavy atom. The van der Waals surface area contributed by atoms with Crippen LogP contribution in [0.3, 0.4) is 0 Å². The smallest absolute Gasteiger partial charge is 0.301 e. The zero-order chi connectivity index (χ0) is 17.5. The van der Waals surface area contributed by atoms with Gasteiger partial charge in [-0.05, 0) is 12.5 Å². The maximum atomic E-state index is 11.1. The van der Waals surface area contributed by atoms with Crippen LogP contribution in [0.5, 0.6) is 0 Å². The summed E-state index contributed by atoms with van der Waals surface area (Å²) in [6.45, 7) is 2.46. The molecular formula is C15H16IN5O4. The molecule has 0 aliphatic heterocycles. The molecule has 1 N–H and O–H groups in total. The summed E-state index contributed by atoms with van der Waals surface area (Å²) in [4.78, 5) is 20.5. The zero-order valence-corrected chi connectivity index (χ0v) is 15.5. The van der Waals surface area contributed by atoms with Crippen molar-refractivity contribution in [3.8, 4) is 0 Å². The summed E-state index contributed by atoms with van der Waals surface area (Å²) >= 11 is 0. The molecule has 2 rings (SSSR count). The molecule has 0 radical (unpaired) electrons. The van der Waals surface area contributed by atoms with Crippen molar-refractivity contribution in [2.24, 2.45) is 5.10 Å². The van der Waals surface area contributed by atoms with Gasteiger partial charge >= 0.3 is 5.69 Å². The highest BCUT2D eigenvalue weighted by Gasteiger charge is 2.19. The fourth-order valence-corrected chi connectivity index (χ4v) is 2.00. The normalized spacial score (nSPS) is 10.7. The molecular weight excluding hydrogens is 441 g/mol. The molecule has 0 spiro atoms. The van der Waals surface area contributed by atoms with Gasteiger partial charge in [-0.1, -0.05) is 13.0 Å². The van der Waals surface area contributed by atoms with E-state index >= 15 is 0 Å². The van der Waals surface area contributed by atoms with Gasteiger partial charge in [-0.2, -0.15) is 9.67 Å². The van der Waals surface area contributed by atoms with Crippen LogP contribution in [0.15, 0.2) is 53.9 Å². The van der Waals surface area contributed by atoms with Gasteiger partial charge in [0, 0.05) is 18.2 Å². The molecule has 132 valence electrons. The van der Waals surface area contributed by atoms with Crippen molar-refractivity contribution in [2.75, 3.05) is 5.43 Å². The molecule has 1 aromatic heterocycles. The molecule has 0 amide bonds. The van der Waals surface area contributed by atoms with E-state index in [2.05, 4.69) is 10.5 Å². The van der Waals surface area contributed by atoms with Gasteiger partial charge in [-0.3, -0.25) is 25.7 Å². The fraction of sp³-hybridized carbons (Fsp3) is 0.200. The SMILES string of the molecule is CC/C(C[n+]1ccccc1)=N\Nc1ccc([N+](=O)[O-])cc1[N+](=O)[O-].[I-]. The summed E-state index contributed by atoms with van der Waals surface area (Å²) in [5.41, 5.74) is 2.79. The second kappa shape index (κ2) is 9.61. The minimum absolute atomic E-state index is 0. The standard InChI is InChI=1S/C15H16N5O4.HI/c1-2-12(11-18-8-4-3-5-9-18)16-17-14-7-6-13(19(21)22)10-15(14)20(23)24;/h3-10,17H,2,11H2,1H3;1H/q+1;/p-1/b16-12+;. The van der Waals surface area contributed by atoms with Gasteiger partial charge in [0.25, 0.3) is 5.69 Å². The van der Waals surface area contributed by atoms with E-state index in [4.69, 9.17) is 0 Å². The monoisotopic (exact) mass is 457 g/mol. The van der Waals surface area contributed by atoms with Crippen LogP contribution >= 0.6 is 0 Å². The lowest BCUT2D eigenvalue weighted by Crippen LogP contribution is -3.00. The first-order valence-electron chi connectivity index (χ1n) is 7.19. The number of anilines is 1. The van der Waals surface area contributed by atoms with Crippen LogP contribution < -0.4 is 34.0 Å². The first kappa shape index (κ1) is 20.4. The van der Waals surface area contributed by atoms with Crippen LogP contribution in [0.25, 0.3) is 0 Å². The number of hydrogen-bond acceptors (Lipinski definition) is 6. The van der Waals surface area contributed by atoms with Crippen LogP contribution in [-0.4, -0.2) is 15.6 Å². The molecule has 0 aliphatic rings. The van der Waals surface area contributed by atoms with Gasteiger partial charge < -0.3 is 24.0 Å². The molecule has 10 heteroatoms. The Morgan fingerprint density at radius 1 is 1.16 bits per heavy atom. The summed E-state index contributed by atoms with van der Waals surface area (Å²) in [6.07, 6.45) is 4.43. The third-order valence-electron chi connectivity index (χ3n) is 3.27. The van der Waals surface area contributed by atoms with E-state index in [1.54, 1.807) is 0 Å². The number of nitro benzene ring substituents is 2. The topological polar surface area (TPSA) is 115 Å². The van der Waals surface area contributed by atoms with E-state index in [0.717, 1.165) is 11.8 Å². The van der Waals surface area contributed by atoms with E-state index in [9.17, 15) is 20.2 Å². The second-order valence-electron chi connectivity index (χ2n) is 4.91. The molecule has 0 saturated heterocycles. The molecule has 0 atom stereocenters. The highest BCUT2D eigenvalue weighted by molar-refractivity contribution is 5.84. The van der Waals surface area contributed by atoms with E-state index < -0.39 is 15.5 Å². The Labute approximate surface area is 160 Å². The molecule has 9 nitrogen and oxygen atoms in total. The molecule has 0 bridgehead atoms. The number of benzene rings is 1. The Morgan fingerprint density at radius 2 is 1.84 bits per heavy atom. The van der Waals surface area contributed by atoms with E-state index in [1.165, 1.54) is 12.1 Å². The average molecular weight is 457 g/mol. The van der Waals surface area contributed by atoms with Crippen molar-refractivity contribution in [3.05, 3.63) is 69.0 Å². The first-order valence-corrected chi connectivity index (χ1v) is 7.19. The number of pyridine rings is 1. The summed E-state index contributed by atoms with van der Waals surface area (Å²) in [5.74, 6) is 0. The molecule has 0 unspecified atom stereocenters. The number of hydrogen-bond donors (Lipinski definition) is 1. The highest BCUT2D eigenvalue weighted by atomic mass is 127. The Bertz CT molecular complexity index is 783. The lowest BCUT2D eigenvalue weighted by molar-refractivity contribution is -0.682. The van der Waals surface area contributed by atoms with Crippen LogP contribution in [0.1, 0.15) is 13.3 Å². The molecule has 1 aromatic carbocycles. The van der Waals surface area contributed by atoms with Crippen LogP contribution in [0.4, 0.5) is 17.1 Å². The molecule has 2 aromatic rings. The maximum absolute atomic E-state index is 11.1. The zero-order valence-electron chi connectivity index (χ0n) is 13.3. The quantitative estimate of drug-likeness (QED) is 0.201. The summed E-state index contributed by atoms with van der Waals surface area (Å²) in [6, 6.07) is 9.07. The highest BCUT2D eigenvalue weighted by Crippen LogP contribution is 2.28. The van der Waals surface area contributed by atoms with Crippen LogP contribution in [0, 0.1) is 20.2 Å². The predicted molar refractivity (Wildman–Crippen MR) is 87.7 cm³/mol. The van der Waals surface area contributed by atoms with Gasteiger partial charge in [-0.25, -0.2) is 0 Å². The van der Waals surface area contributed by atoms with Crippen LogP contribution in [0.2, 0.25) is 0 Å². The van der Waals surface area contributed by atoms with E-state index in [0.29, 0.717) is 13.0 Å². The van der Waals surface area contributed by atoms with Crippen molar-refractivity contribution in [1.82, 2.24) is 0 Å². The number of halogens is 1. The average Bonchev–Trinajstić information content (AvgIpc) is 2.59. The van der Waals surface area contributed by atoms with Gasteiger partial charge in [0.2, 0.25) is 0 Å². The van der Waals surface area contributed by atoms with E-state index in [-0.39, 0.29) is 35.4 Å². The summed E-state index contributed by atoms with van der Waals surface area (Å²) in [7, 11) is 0. The first-order chi connectivity index (χ1) is 11.5. The number of rotatable bonds is 7. The minimum Gasteiger partial charge on any atom is -1.00 e. The second-order valence-corrected chi connectivity index (χ2v) is 4.91. The Kier molecular flexibility index (Phi) is 7.85. The molecule has 0 saturated carbocycles. The lowest BCUT2D eigenvalue weighted by atomic mass is 10.2. The number of nitrogens with one attached hydrogen (secondary N) is 1. The third kappa shape index (κ3) is 5.74. The van der Waals surface area contributed by atoms with Crippen LogP contribution in [-0.2, 0) is 6.54 Å². The number of hydrazone groups is 1. The van der Waals surface area contributed by atoms with Gasteiger partial charge in [0.05, 0.1) is 15.9 Å². The molecule has 1 heterocycles. The Hall–Kier alpha value is -2.63. The largest absolute Gasteiger partial charge is 1.00 e. The maximum Gasteiger partial charge on any atom is 0.301 e. The predicted octanol–water partition coefficient (Wildman–Crippen LogP) is -0.327. The number of non-ortho nitro benzene ring substituents is 1. The van der Waals surface area contributed by atoms with Crippen molar-refractivity contribution in [2.45, 2.75) is 19.9 Å². The third-order valence-corrected chi connectivity index (χ3v) is 3.27. The Balaban J connectivity index is 0.00000312. The van der Waals surface area contributed by atoms with Gasteiger partial charge in [-0.15, -0.1) is 0 Å². The summed E-state index contributed by atoms with van der Waals surface area (Å²) in [5, 5.41) is 26.0. The number of nitrogens with zero attached hydrogens (tertiary/aromatic N) is 4. The minimum atomic E-state index is -0.678. The van der Waals surface area contributed by atoms with Crippen molar-refractivity contribution in [3.63, 3.8) is 0 Å².